The van der Waals surface area contributed by atoms with Gasteiger partial charge in [0.05, 0.1) is 19.9 Å². The number of aryl methyl sites for hydroxylation is 2. The Hall–Kier alpha value is -2.86. The molecule has 1 amide bonds. The largest absolute Gasteiger partial charge is 0.497 e. The van der Waals surface area contributed by atoms with Crippen LogP contribution in [0.3, 0.4) is 0 Å². The van der Waals surface area contributed by atoms with Crippen LogP contribution in [0.15, 0.2) is 42.5 Å². The van der Waals surface area contributed by atoms with Gasteiger partial charge >= 0.3 is 0 Å². The Labute approximate surface area is 169 Å². The monoisotopic (exact) mass is 396 g/mol. The first-order chi connectivity index (χ1) is 13.5. The molecule has 1 N–H and O–H groups in total. The van der Waals surface area contributed by atoms with Crippen LogP contribution in [0.5, 0.6) is 11.5 Å². The number of hydrogen-bond donors (Lipinski definition) is 1. The highest BCUT2D eigenvalue weighted by Gasteiger charge is 2.12. The third-order valence-electron chi connectivity index (χ3n) is 4.44. The van der Waals surface area contributed by atoms with Crippen LogP contribution in [0.4, 0.5) is 0 Å². The lowest BCUT2D eigenvalue weighted by atomic mass is 10.2. The summed E-state index contributed by atoms with van der Waals surface area (Å²) in [5, 5.41) is 3.97. The van der Waals surface area contributed by atoms with Gasteiger partial charge in [0.25, 0.3) is 5.91 Å². The maximum atomic E-state index is 12.5. The molecule has 0 bridgehead atoms. The van der Waals surface area contributed by atoms with E-state index in [1.54, 1.807) is 43.8 Å². The van der Waals surface area contributed by atoms with Crippen molar-refractivity contribution >= 4 is 17.2 Å². The molecule has 3 aromatic rings. The maximum Gasteiger partial charge on any atom is 0.251 e. The minimum atomic E-state index is -0.155. The third kappa shape index (κ3) is 4.70. The van der Waals surface area contributed by atoms with Crippen LogP contribution in [0.2, 0.25) is 0 Å². The van der Waals surface area contributed by atoms with Gasteiger partial charge in [0, 0.05) is 35.0 Å². The van der Waals surface area contributed by atoms with E-state index < -0.39 is 0 Å². The molecule has 0 spiro atoms. The number of ether oxygens (including phenoxy) is 2. The van der Waals surface area contributed by atoms with Crippen molar-refractivity contribution in [2.24, 2.45) is 0 Å². The smallest absolute Gasteiger partial charge is 0.251 e. The number of aromatic nitrogens is 1. The molecule has 0 radical (unpaired) electrons. The van der Waals surface area contributed by atoms with Gasteiger partial charge in [-0.25, -0.2) is 4.98 Å². The molecule has 0 unspecified atom stereocenters. The minimum absolute atomic E-state index is 0.155. The Morgan fingerprint density at radius 2 is 1.68 bits per heavy atom. The topological polar surface area (TPSA) is 60.5 Å². The van der Waals surface area contributed by atoms with Crippen LogP contribution < -0.4 is 14.8 Å². The molecule has 146 valence electrons. The van der Waals surface area contributed by atoms with Gasteiger partial charge in [-0.3, -0.25) is 4.79 Å². The van der Waals surface area contributed by atoms with E-state index in [0.29, 0.717) is 23.6 Å². The number of carbonyl (C=O) groups is 1. The van der Waals surface area contributed by atoms with Gasteiger partial charge in [0.15, 0.2) is 0 Å². The van der Waals surface area contributed by atoms with E-state index in [9.17, 15) is 4.79 Å². The summed E-state index contributed by atoms with van der Waals surface area (Å²) in [6.45, 7) is 4.62. The molecule has 0 aliphatic rings. The van der Waals surface area contributed by atoms with Gasteiger partial charge in [-0.15, -0.1) is 11.3 Å². The minimum Gasteiger partial charge on any atom is -0.497 e. The molecule has 28 heavy (non-hydrogen) atoms. The number of benzene rings is 2. The van der Waals surface area contributed by atoms with E-state index in [2.05, 4.69) is 41.5 Å². The van der Waals surface area contributed by atoms with Crippen LogP contribution in [-0.2, 0) is 6.42 Å². The maximum absolute atomic E-state index is 12.5. The van der Waals surface area contributed by atoms with Gasteiger partial charge in [-0.2, -0.15) is 0 Å². The first-order valence-electron chi connectivity index (χ1n) is 9.04. The SMILES string of the molecule is COc1cc(OC)cc(C(=O)NCCc2sc(-c3ccc(C)cc3)nc2C)c1. The predicted molar refractivity (Wildman–Crippen MR) is 113 cm³/mol. The van der Waals surface area contributed by atoms with E-state index in [1.807, 2.05) is 6.92 Å². The fraction of sp³-hybridized carbons (Fsp3) is 0.273. The van der Waals surface area contributed by atoms with Crippen molar-refractivity contribution in [2.75, 3.05) is 20.8 Å². The molecule has 5 nitrogen and oxygen atoms in total. The second kappa shape index (κ2) is 8.89. The second-order valence-corrected chi connectivity index (χ2v) is 7.58. The van der Waals surface area contributed by atoms with Gasteiger partial charge < -0.3 is 14.8 Å². The highest BCUT2D eigenvalue weighted by atomic mass is 32.1. The number of rotatable bonds is 7. The zero-order valence-electron chi connectivity index (χ0n) is 16.5. The van der Waals surface area contributed by atoms with E-state index in [0.717, 1.165) is 22.7 Å². The second-order valence-electron chi connectivity index (χ2n) is 6.50. The summed E-state index contributed by atoms with van der Waals surface area (Å²) in [4.78, 5) is 18.3. The summed E-state index contributed by atoms with van der Waals surface area (Å²) >= 11 is 1.68. The van der Waals surface area contributed by atoms with Crippen molar-refractivity contribution in [1.29, 1.82) is 0 Å². The van der Waals surface area contributed by atoms with Crippen molar-refractivity contribution in [3.63, 3.8) is 0 Å². The van der Waals surface area contributed by atoms with Crippen LogP contribution in [0.25, 0.3) is 10.6 Å². The van der Waals surface area contributed by atoms with Crippen molar-refractivity contribution in [3.8, 4) is 22.1 Å². The van der Waals surface area contributed by atoms with E-state index >= 15 is 0 Å². The van der Waals surface area contributed by atoms with E-state index in [-0.39, 0.29) is 5.91 Å². The average molecular weight is 397 g/mol. The fourth-order valence-electron chi connectivity index (χ4n) is 2.81. The fourth-order valence-corrected chi connectivity index (χ4v) is 3.88. The van der Waals surface area contributed by atoms with Crippen molar-refractivity contribution in [3.05, 3.63) is 64.2 Å². The summed E-state index contributed by atoms with van der Waals surface area (Å²) in [6.07, 6.45) is 0.738. The van der Waals surface area contributed by atoms with Gasteiger partial charge in [0.1, 0.15) is 16.5 Å². The molecule has 3 rings (SSSR count). The lowest BCUT2D eigenvalue weighted by molar-refractivity contribution is 0.0953. The average Bonchev–Trinajstić information content (AvgIpc) is 3.08. The first kappa shape index (κ1) is 19.9. The molecule has 0 fully saturated rings. The number of amides is 1. The standard InChI is InChI=1S/C22H24N2O3S/c1-14-5-7-16(8-6-14)22-24-15(2)20(28-22)9-10-23-21(25)17-11-18(26-3)13-19(12-17)27-4/h5-8,11-13H,9-10H2,1-4H3,(H,23,25). The Balaban J connectivity index is 1.64. The summed E-state index contributed by atoms with van der Waals surface area (Å²) in [5.74, 6) is 1.02. The highest BCUT2D eigenvalue weighted by molar-refractivity contribution is 7.15. The number of thiazole rings is 1. The molecule has 0 saturated carbocycles. The molecule has 0 atom stereocenters. The van der Waals surface area contributed by atoms with Gasteiger partial charge in [0.2, 0.25) is 0 Å². The highest BCUT2D eigenvalue weighted by Crippen LogP contribution is 2.28. The predicted octanol–water partition coefficient (Wildman–Crippen LogP) is 4.42. The Morgan fingerprint density at radius 1 is 1.04 bits per heavy atom. The number of nitrogens with one attached hydrogen (secondary N) is 1. The zero-order chi connectivity index (χ0) is 20.1. The summed E-state index contributed by atoms with van der Waals surface area (Å²) in [6, 6.07) is 13.5. The van der Waals surface area contributed by atoms with Gasteiger partial charge in [-0.05, 0) is 26.0 Å². The number of methoxy groups -OCH3 is 2. The van der Waals surface area contributed by atoms with Crippen molar-refractivity contribution in [1.82, 2.24) is 10.3 Å². The molecular formula is C22H24N2O3S. The molecule has 6 heteroatoms. The summed E-state index contributed by atoms with van der Waals surface area (Å²) < 4.78 is 10.4. The number of hydrogen-bond acceptors (Lipinski definition) is 5. The molecule has 0 saturated heterocycles. The molecule has 0 aliphatic carbocycles. The number of nitrogens with zero attached hydrogens (tertiary/aromatic N) is 1. The third-order valence-corrected chi connectivity index (χ3v) is 5.71. The van der Waals surface area contributed by atoms with Gasteiger partial charge in [-0.1, -0.05) is 29.8 Å². The lowest BCUT2D eigenvalue weighted by Gasteiger charge is -2.09. The zero-order valence-corrected chi connectivity index (χ0v) is 17.4. The van der Waals surface area contributed by atoms with Crippen LogP contribution in [-0.4, -0.2) is 31.7 Å². The van der Waals surface area contributed by atoms with E-state index in [4.69, 9.17) is 9.47 Å². The Bertz CT molecular complexity index is 942. The molecule has 1 heterocycles. The van der Waals surface area contributed by atoms with Crippen molar-refractivity contribution in [2.45, 2.75) is 20.3 Å². The van der Waals surface area contributed by atoms with Crippen LogP contribution >= 0.6 is 11.3 Å². The molecule has 0 aliphatic heterocycles. The van der Waals surface area contributed by atoms with Crippen LogP contribution in [0.1, 0.15) is 26.5 Å². The molecule has 2 aromatic carbocycles. The Morgan fingerprint density at radius 3 is 2.29 bits per heavy atom. The quantitative estimate of drug-likeness (QED) is 0.642. The summed E-state index contributed by atoms with van der Waals surface area (Å²) in [7, 11) is 3.13. The summed E-state index contributed by atoms with van der Waals surface area (Å²) in [5.41, 5.74) is 3.88. The van der Waals surface area contributed by atoms with E-state index in [1.165, 1.54) is 10.4 Å². The van der Waals surface area contributed by atoms with Crippen LogP contribution in [0, 0.1) is 13.8 Å². The normalized spacial score (nSPS) is 10.6. The molecule has 1 aromatic heterocycles. The Kier molecular flexibility index (Phi) is 6.31. The number of carbonyl (C=O) groups excluding carboxylic acids is 1. The molecular weight excluding hydrogens is 372 g/mol. The first-order valence-corrected chi connectivity index (χ1v) is 9.86. The lowest BCUT2D eigenvalue weighted by Crippen LogP contribution is -2.25. The van der Waals surface area contributed by atoms with Crippen molar-refractivity contribution < 1.29 is 14.3 Å².